The standard InChI is InChI=1S/C26H34BrFN2O3/c1-5-7-14-29-26(32)23(6-2)30(16-19-8-11-21(28)12-9-19)25(31)17-33-24-13-10-20(18(3)4)15-22(24)27/h8-13,15,18,23H,5-7,14,16-17H2,1-4H3,(H,29,32). The highest BCUT2D eigenvalue weighted by molar-refractivity contribution is 9.10. The molecule has 2 aromatic rings. The molecule has 0 spiro atoms. The van der Waals surface area contributed by atoms with Crippen molar-refractivity contribution in [3.63, 3.8) is 0 Å². The highest BCUT2D eigenvalue weighted by atomic mass is 79.9. The molecule has 1 atom stereocenters. The summed E-state index contributed by atoms with van der Waals surface area (Å²) in [6.07, 6.45) is 2.29. The van der Waals surface area contributed by atoms with Gasteiger partial charge in [0.05, 0.1) is 4.47 Å². The van der Waals surface area contributed by atoms with Crippen molar-refractivity contribution in [2.45, 2.75) is 65.5 Å². The number of ether oxygens (including phenoxy) is 1. The Morgan fingerprint density at radius 1 is 1.12 bits per heavy atom. The van der Waals surface area contributed by atoms with Crippen LogP contribution in [-0.2, 0) is 16.1 Å². The summed E-state index contributed by atoms with van der Waals surface area (Å²) in [5.41, 5.74) is 1.90. The number of hydrogen-bond donors (Lipinski definition) is 1. The lowest BCUT2D eigenvalue weighted by Crippen LogP contribution is -2.50. The quantitative estimate of drug-likeness (QED) is 0.359. The number of carbonyl (C=O) groups excluding carboxylic acids is 2. The first-order chi connectivity index (χ1) is 15.8. The number of benzene rings is 2. The Morgan fingerprint density at radius 2 is 1.82 bits per heavy atom. The van der Waals surface area contributed by atoms with E-state index in [-0.39, 0.29) is 30.8 Å². The van der Waals surface area contributed by atoms with E-state index >= 15 is 0 Å². The minimum Gasteiger partial charge on any atom is -0.483 e. The Hall–Kier alpha value is -2.41. The second-order valence-corrected chi connectivity index (χ2v) is 9.20. The summed E-state index contributed by atoms with van der Waals surface area (Å²) in [5.74, 6) is 0.0918. The van der Waals surface area contributed by atoms with Gasteiger partial charge in [-0.1, -0.05) is 52.3 Å². The summed E-state index contributed by atoms with van der Waals surface area (Å²) >= 11 is 3.51. The molecule has 0 bridgehead atoms. The molecule has 0 heterocycles. The fraction of sp³-hybridized carbons (Fsp3) is 0.462. The summed E-state index contributed by atoms with van der Waals surface area (Å²) in [6.45, 7) is 8.69. The fourth-order valence-corrected chi connectivity index (χ4v) is 3.94. The van der Waals surface area contributed by atoms with Gasteiger partial charge in [0.25, 0.3) is 5.91 Å². The SMILES string of the molecule is CCCCNC(=O)C(CC)N(Cc1ccc(F)cc1)C(=O)COc1ccc(C(C)C)cc1Br. The zero-order chi connectivity index (χ0) is 24.4. The summed E-state index contributed by atoms with van der Waals surface area (Å²) in [6, 6.07) is 11.1. The Labute approximate surface area is 204 Å². The Kier molecular flexibility index (Phi) is 10.8. The Morgan fingerprint density at radius 3 is 2.39 bits per heavy atom. The second-order valence-electron chi connectivity index (χ2n) is 8.35. The third-order valence-electron chi connectivity index (χ3n) is 5.46. The van der Waals surface area contributed by atoms with Crippen LogP contribution in [0.3, 0.4) is 0 Å². The van der Waals surface area contributed by atoms with Crippen LogP contribution in [0.5, 0.6) is 5.75 Å². The maximum atomic E-state index is 13.4. The molecular weight excluding hydrogens is 487 g/mol. The fourth-order valence-electron chi connectivity index (χ4n) is 3.43. The van der Waals surface area contributed by atoms with Gasteiger partial charge in [-0.25, -0.2) is 4.39 Å². The van der Waals surface area contributed by atoms with Crippen molar-refractivity contribution < 1.29 is 18.7 Å². The molecule has 1 N–H and O–H groups in total. The third kappa shape index (κ3) is 8.14. The van der Waals surface area contributed by atoms with Crippen LogP contribution in [0.1, 0.15) is 64.0 Å². The van der Waals surface area contributed by atoms with E-state index in [1.807, 2.05) is 25.1 Å². The molecule has 1 unspecified atom stereocenters. The normalized spacial score (nSPS) is 11.8. The van der Waals surface area contributed by atoms with E-state index < -0.39 is 6.04 Å². The van der Waals surface area contributed by atoms with E-state index in [2.05, 4.69) is 42.0 Å². The van der Waals surface area contributed by atoms with E-state index in [0.29, 0.717) is 24.6 Å². The molecule has 0 aliphatic carbocycles. The van der Waals surface area contributed by atoms with Crippen LogP contribution in [0.15, 0.2) is 46.9 Å². The van der Waals surface area contributed by atoms with Crippen molar-refractivity contribution in [3.05, 3.63) is 63.9 Å². The van der Waals surface area contributed by atoms with E-state index in [0.717, 1.165) is 28.4 Å². The average Bonchev–Trinajstić information content (AvgIpc) is 2.79. The monoisotopic (exact) mass is 520 g/mol. The molecule has 180 valence electrons. The highest BCUT2D eigenvalue weighted by Crippen LogP contribution is 2.29. The lowest BCUT2D eigenvalue weighted by molar-refractivity contribution is -0.143. The first-order valence-corrected chi connectivity index (χ1v) is 12.3. The van der Waals surface area contributed by atoms with Crippen molar-refractivity contribution in [2.24, 2.45) is 0 Å². The first kappa shape index (κ1) is 26.8. The van der Waals surface area contributed by atoms with Crippen molar-refractivity contribution in [1.82, 2.24) is 10.2 Å². The molecule has 5 nitrogen and oxygen atoms in total. The second kappa shape index (κ2) is 13.3. The summed E-state index contributed by atoms with van der Waals surface area (Å²) in [7, 11) is 0. The van der Waals surface area contributed by atoms with Gasteiger partial charge in [0, 0.05) is 13.1 Å². The molecule has 0 fully saturated rings. The van der Waals surface area contributed by atoms with Gasteiger partial charge in [0.2, 0.25) is 5.91 Å². The Balaban J connectivity index is 2.19. The summed E-state index contributed by atoms with van der Waals surface area (Å²) in [5, 5.41) is 2.92. The zero-order valence-electron chi connectivity index (χ0n) is 19.9. The van der Waals surface area contributed by atoms with Crippen LogP contribution in [0, 0.1) is 5.82 Å². The molecule has 7 heteroatoms. The molecule has 2 amide bonds. The van der Waals surface area contributed by atoms with Gasteiger partial charge < -0.3 is 15.0 Å². The number of nitrogens with one attached hydrogen (secondary N) is 1. The predicted molar refractivity (Wildman–Crippen MR) is 133 cm³/mol. The molecule has 0 saturated heterocycles. The number of halogens is 2. The number of rotatable bonds is 12. The molecule has 33 heavy (non-hydrogen) atoms. The maximum absolute atomic E-state index is 13.4. The molecular formula is C26H34BrFN2O3. The molecule has 0 aliphatic rings. The van der Waals surface area contributed by atoms with Crippen molar-refractivity contribution >= 4 is 27.7 Å². The van der Waals surface area contributed by atoms with E-state index in [9.17, 15) is 14.0 Å². The number of unbranched alkanes of at least 4 members (excludes halogenated alkanes) is 1. The van der Waals surface area contributed by atoms with Gasteiger partial charge in [-0.2, -0.15) is 0 Å². The minimum atomic E-state index is -0.644. The third-order valence-corrected chi connectivity index (χ3v) is 6.08. The number of nitrogens with zero attached hydrogens (tertiary/aromatic N) is 1. The van der Waals surface area contributed by atoms with Crippen molar-refractivity contribution in [1.29, 1.82) is 0 Å². The van der Waals surface area contributed by atoms with Crippen molar-refractivity contribution in [2.75, 3.05) is 13.2 Å². The van der Waals surface area contributed by atoms with Crippen LogP contribution in [-0.4, -0.2) is 35.9 Å². The molecule has 0 aromatic heterocycles. The van der Waals surface area contributed by atoms with Crippen LogP contribution in [0.25, 0.3) is 0 Å². The predicted octanol–water partition coefficient (Wildman–Crippen LogP) is 5.81. The van der Waals surface area contributed by atoms with Crippen LogP contribution >= 0.6 is 15.9 Å². The van der Waals surface area contributed by atoms with Crippen molar-refractivity contribution in [3.8, 4) is 5.75 Å². The topological polar surface area (TPSA) is 58.6 Å². The van der Waals surface area contributed by atoms with Crippen LogP contribution < -0.4 is 10.1 Å². The largest absolute Gasteiger partial charge is 0.483 e. The molecule has 0 aliphatic heterocycles. The van der Waals surface area contributed by atoms with E-state index in [1.165, 1.54) is 17.0 Å². The van der Waals surface area contributed by atoms with E-state index in [4.69, 9.17) is 4.74 Å². The van der Waals surface area contributed by atoms with Gasteiger partial charge in [-0.15, -0.1) is 0 Å². The van der Waals surface area contributed by atoms with E-state index in [1.54, 1.807) is 12.1 Å². The molecule has 2 aromatic carbocycles. The number of carbonyl (C=O) groups is 2. The number of hydrogen-bond acceptors (Lipinski definition) is 3. The summed E-state index contributed by atoms with van der Waals surface area (Å²) in [4.78, 5) is 27.6. The van der Waals surface area contributed by atoms with Crippen LogP contribution in [0.4, 0.5) is 4.39 Å². The summed E-state index contributed by atoms with van der Waals surface area (Å²) < 4.78 is 20.0. The smallest absolute Gasteiger partial charge is 0.261 e. The average molecular weight is 521 g/mol. The van der Waals surface area contributed by atoms with Gasteiger partial charge in [-0.3, -0.25) is 9.59 Å². The maximum Gasteiger partial charge on any atom is 0.261 e. The minimum absolute atomic E-state index is 0.190. The van der Waals surface area contributed by atoms with Gasteiger partial charge in [0.15, 0.2) is 6.61 Å². The van der Waals surface area contributed by atoms with Crippen LogP contribution in [0.2, 0.25) is 0 Å². The van der Waals surface area contributed by atoms with Gasteiger partial charge >= 0.3 is 0 Å². The molecule has 0 radical (unpaired) electrons. The molecule has 2 rings (SSSR count). The lowest BCUT2D eigenvalue weighted by atomic mass is 10.0. The zero-order valence-corrected chi connectivity index (χ0v) is 21.5. The van der Waals surface area contributed by atoms with Gasteiger partial charge in [0.1, 0.15) is 17.6 Å². The van der Waals surface area contributed by atoms with Gasteiger partial charge in [-0.05, 0) is 70.1 Å². The highest BCUT2D eigenvalue weighted by Gasteiger charge is 2.29. The lowest BCUT2D eigenvalue weighted by Gasteiger charge is -2.30. The Bertz CT molecular complexity index is 918. The number of amides is 2. The molecule has 0 saturated carbocycles. The first-order valence-electron chi connectivity index (χ1n) is 11.5.